The molecule has 2 aromatic rings. The largest absolute Gasteiger partial charge is 0.332 e. The second kappa shape index (κ2) is 7.67. The molecule has 0 saturated carbocycles. The van der Waals surface area contributed by atoms with E-state index in [1.807, 2.05) is 24.3 Å². The molecule has 27 heavy (non-hydrogen) atoms. The van der Waals surface area contributed by atoms with E-state index in [4.69, 9.17) is 12.2 Å². The fraction of sp³-hybridized carbons (Fsp3) is 0.200. The van der Waals surface area contributed by atoms with Crippen LogP contribution in [-0.2, 0) is 4.79 Å². The molecular weight excluding hydrogens is 362 g/mol. The first-order chi connectivity index (χ1) is 12.9. The number of anilines is 1. The molecule has 0 bridgehead atoms. The Labute approximate surface area is 162 Å². The number of imide groups is 1. The van der Waals surface area contributed by atoms with Crippen LogP contribution in [0, 0.1) is 0 Å². The molecule has 3 amide bonds. The number of hydrogen-bond acceptors (Lipinski definition) is 4. The highest BCUT2D eigenvalue weighted by Gasteiger charge is 2.36. The van der Waals surface area contributed by atoms with E-state index in [0.717, 1.165) is 10.6 Å². The van der Waals surface area contributed by atoms with Crippen LogP contribution in [0.4, 0.5) is 5.69 Å². The maximum Gasteiger partial charge on any atom is 0.262 e. The van der Waals surface area contributed by atoms with Crippen molar-refractivity contribution >= 4 is 40.7 Å². The van der Waals surface area contributed by atoms with Gasteiger partial charge in [-0.3, -0.25) is 19.3 Å². The third kappa shape index (κ3) is 4.03. The predicted molar refractivity (Wildman–Crippen MR) is 107 cm³/mol. The standard InChI is InChI=1S/C20H19N3O3S/c1-12(2)13-7-9-14(10-8-13)21-20(27)22-17(24)11-23-18(25)15-5-3-4-6-16(15)19(23)26/h3-10,12H,11H2,1-2H3,(H2,21,22,24,27). The molecule has 2 aromatic carbocycles. The van der Waals surface area contributed by atoms with Crippen LogP contribution in [0.1, 0.15) is 46.0 Å². The van der Waals surface area contributed by atoms with E-state index >= 15 is 0 Å². The Hall–Kier alpha value is -3.06. The van der Waals surface area contributed by atoms with Gasteiger partial charge in [0.15, 0.2) is 5.11 Å². The van der Waals surface area contributed by atoms with Crippen molar-refractivity contribution in [1.29, 1.82) is 0 Å². The number of rotatable bonds is 4. The third-order valence-electron chi connectivity index (χ3n) is 4.27. The second-order valence-corrected chi connectivity index (χ2v) is 6.93. The summed E-state index contributed by atoms with van der Waals surface area (Å²) in [6.45, 7) is 3.82. The lowest BCUT2D eigenvalue weighted by Crippen LogP contribution is -2.43. The van der Waals surface area contributed by atoms with E-state index in [9.17, 15) is 14.4 Å². The molecule has 0 fully saturated rings. The van der Waals surface area contributed by atoms with E-state index in [1.54, 1.807) is 24.3 Å². The van der Waals surface area contributed by atoms with Gasteiger partial charge in [0.1, 0.15) is 6.54 Å². The van der Waals surface area contributed by atoms with Crippen LogP contribution in [0.5, 0.6) is 0 Å². The highest BCUT2D eigenvalue weighted by molar-refractivity contribution is 7.80. The van der Waals surface area contributed by atoms with Crippen molar-refractivity contribution in [2.75, 3.05) is 11.9 Å². The van der Waals surface area contributed by atoms with Crippen LogP contribution in [0.25, 0.3) is 0 Å². The summed E-state index contributed by atoms with van der Waals surface area (Å²) >= 11 is 5.13. The summed E-state index contributed by atoms with van der Waals surface area (Å²) < 4.78 is 0. The minimum absolute atomic E-state index is 0.105. The van der Waals surface area contributed by atoms with Gasteiger partial charge in [0.05, 0.1) is 11.1 Å². The summed E-state index contributed by atoms with van der Waals surface area (Å²) in [5.74, 6) is -1.08. The van der Waals surface area contributed by atoms with Crippen LogP contribution in [-0.4, -0.2) is 34.3 Å². The average molecular weight is 381 g/mol. The van der Waals surface area contributed by atoms with E-state index in [0.29, 0.717) is 17.0 Å². The fourth-order valence-electron chi connectivity index (χ4n) is 2.81. The van der Waals surface area contributed by atoms with E-state index in [-0.39, 0.29) is 11.7 Å². The van der Waals surface area contributed by atoms with Gasteiger partial charge in [-0.1, -0.05) is 38.1 Å². The van der Waals surface area contributed by atoms with Gasteiger partial charge in [-0.05, 0) is 48.0 Å². The lowest BCUT2D eigenvalue weighted by molar-refractivity contribution is -0.120. The van der Waals surface area contributed by atoms with Crippen LogP contribution >= 0.6 is 12.2 Å². The SMILES string of the molecule is CC(C)c1ccc(NC(=S)NC(=O)CN2C(=O)c3ccccc3C2=O)cc1. The van der Waals surface area contributed by atoms with E-state index in [2.05, 4.69) is 24.5 Å². The molecule has 7 heteroatoms. The molecule has 3 rings (SSSR count). The number of amides is 3. The van der Waals surface area contributed by atoms with Crippen molar-refractivity contribution in [3.63, 3.8) is 0 Å². The number of carbonyl (C=O) groups excluding carboxylic acids is 3. The zero-order valence-electron chi connectivity index (χ0n) is 15.0. The highest BCUT2D eigenvalue weighted by atomic mass is 32.1. The zero-order valence-corrected chi connectivity index (χ0v) is 15.8. The molecule has 0 unspecified atom stereocenters. The third-order valence-corrected chi connectivity index (χ3v) is 4.47. The number of carbonyl (C=O) groups is 3. The molecule has 0 aromatic heterocycles. The Morgan fingerprint density at radius 3 is 2.07 bits per heavy atom. The molecule has 0 saturated heterocycles. The average Bonchev–Trinajstić information content (AvgIpc) is 2.87. The number of hydrogen-bond donors (Lipinski definition) is 2. The van der Waals surface area contributed by atoms with Gasteiger partial charge >= 0.3 is 0 Å². The van der Waals surface area contributed by atoms with E-state index < -0.39 is 17.7 Å². The topological polar surface area (TPSA) is 78.5 Å². The Morgan fingerprint density at radius 2 is 1.56 bits per heavy atom. The van der Waals surface area contributed by atoms with Gasteiger partial charge < -0.3 is 10.6 Å². The van der Waals surface area contributed by atoms with Crippen LogP contribution in [0.3, 0.4) is 0 Å². The molecule has 138 valence electrons. The van der Waals surface area contributed by atoms with Gasteiger partial charge in [0.2, 0.25) is 5.91 Å². The number of thiocarbonyl (C=S) groups is 1. The van der Waals surface area contributed by atoms with Crippen LogP contribution in [0.15, 0.2) is 48.5 Å². The summed E-state index contributed by atoms with van der Waals surface area (Å²) in [6, 6.07) is 14.2. The molecule has 2 N–H and O–H groups in total. The van der Waals surface area contributed by atoms with Crippen molar-refractivity contribution in [1.82, 2.24) is 10.2 Å². The minimum Gasteiger partial charge on any atom is -0.332 e. The summed E-state index contributed by atoms with van der Waals surface area (Å²) in [5, 5.41) is 5.52. The molecule has 1 aliphatic rings. The number of benzene rings is 2. The van der Waals surface area contributed by atoms with Crippen LogP contribution in [0.2, 0.25) is 0 Å². The Balaban J connectivity index is 1.57. The molecule has 0 aliphatic carbocycles. The summed E-state index contributed by atoms with van der Waals surface area (Å²) in [4.78, 5) is 37.7. The monoisotopic (exact) mass is 381 g/mol. The minimum atomic E-state index is -0.541. The van der Waals surface area contributed by atoms with Crippen LogP contribution < -0.4 is 10.6 Å². The molecule has 6 nitrogen and oxygen atoms in total. The van der Waals surface area contributed by atoms with Gasteiger partial charge in [0, 0.05) is 5.69 Å². The second-order valence-electron chi connectivity index (χ2n) is 6.52. The van der Waals surface area contributed by atoms with Crippen molar-refractivity contribution in [2.24, 2.45) is 0 Å². The van der Waals surface area contributed by atoms with Crippen molar-refractivity contribution in [3.8, 4) is 0 Å². The van der Waals surface area contributed by atoms with E-state index in [1.165, 1.54) is 5.56 Å². The number of fused-ring (bicyclic) bond motifs is 1. The number of nitrogens with one attached hydrogen (secondary N) is 2. The first kappa shape index (κ1) is 18.7. The maximum absolute atomic E-state index is 12.3. The summed E-state index contributed by atoms with van der Waals surface area (Å²) in [7, 11) is 0. The maximum atomic E-state index is 12.3. The van der Waals surface area contributed by atoms with Crippen molar-refractivity contribution < 1.29 is 14.4 Å². The molecule has 1 heterocycles. The molecule has 0 spiro atoms. The van der Waals surface area contributed by atoms with Gasteiger partial charge in [-0.25, -0.2) is 0 Å². The Kier molecular flexibility index (Phi) is 5.32. The van der Waals surface area contributed by atoms with Crippen molar-refractivity contribution in [3.05, 3.63) is 65.2 Å². The quantitative estimate of drug-likeness (QED) is 0.629. The Bertz CT molecular complexity index is 887. The lowest BCUT2D eigenvalue weighted by Gasteiger charge is -2.15. The van der Waals surface area contributed by atoms with Gasteiger partial charge in [0.25, 0.3) is 11.8 Å². The first-order valence-corrected chi connectivity index (χ1v) is 8.93. The zero-order chi connectivity index (χ0) is 19.6. The first-order valence-electron chi connectivity index (χ1n) is 8.53. The number of nitrogens with zero attached hydrogens (tertiary/aromatic N) is 1. The molecule has 0 radical (unpaired) electrons. The summed E-state index contributed by atoms with van der Waals surface area (Å²) in [5.41, 5.74) is 2.55. The smallest absolute Gasteiger partial charge is 0.262 e. The lowest BCUT2D eigenvalue weighted by atomic mass is 10.0. The predicted octanol–water partition coefficient (Wildman–Crippen LogP) is 2.92. The highest BCUT2D eigenvalue weighted by Crippen LogP contribution is 2.22. The molecular formula is C20H19N3O3S. The molecule has 0 atom stereocenters. The summed E-state index contributed by atoms with van der Waals surface area (Å²) in [6.07, 6.45) is 0. The van der Waals surface area contributed by atoms with Gasteiger partial charge in [-0.15, -0.1) is 0 Å². The van der Waals surface area contributed by atoms with Crippen molar-refractivity contribution in [2.45, 2.75) is 19.8 Å². The normalized spacial score (nSPS) is 12.9. The fourth-order valence-corrected chi connectivity index (χ4v) is 3.04. The Morgan fingerprint density at radius 1 is 1.00 bits per heavy atom. The van der Waals surface area contributed by atoms with Gasteiger partial charge in [-0.2, -0.15) is 0 Å². The molecule has 1 aliphatic heterocycles.